The topological polar surface area (TPSA) is 92.7 Å². The molecule has 0 unspecified atom stereocenters. The van der Waals surface area contributed by atoms with Crippen LogP contribution in [0.4, 0.5) is 4.39 Å². The molecule has 0 bridgehead atoms. The fraction of sp³-hybridized carbons (Fsp3) is 0.304. The Kier molecular flexibility index (Phi) is 5.30. The van der Waals surface area contributed by atoms with Gasteiger partial charge in [0.15, 0.2) is 0 Å². The van der Waals surface area contributed by atoms with Gasteiger partial charge in [-0.25, -0.2) is 27.5 Å². The Morgan fingerprint density at radius 2 is 1.81 bits per heavy atom. The molecular formula is C23H24FN5O2S. The molecule has 3 aromatic heterocycles. The lowest BCUT2D eigenvalue weighted by molar-refractivity contribution is 0.313. The average molecular weight is 454 g/mol. The highest BCUT2D eigenvalue weighted by atomic mass is 32.2. The van der Waals surface area contributed by atoms with Crippen LogP contribution in [0.1, 0.15) is 31.7 Å². The first kappa shape index (κ1) is 20.8. The molecule has 9 heteroatoms. The molecule has 0 atom stereocenters. The van der Waals surface area contributed by atoms with Crippen molar-refractivity contribution >= 4 is 21.1 Å². The van der Waals surface area contributed by atoms with E-state index < -0.39 is 10.0 Å². The smallest absolute Gasteiger partial charge is 0.208 e. The third-order valence-corrected chi connectivity index (χ3v) is 6.86. The molecule has 0 aliphatic heterocycles. The minimum absolute atomic E-state index is 0.0397. The maximum atomic E-state index is 13.6. The molecule has 0 radical (unpaired) electrons. The number of H-pyrrole nitrogens is 1. The van der Waals surface area contributed by atoms with Gasteiger partial charge < -0.3 is 9.55 Å². The fourth-order valence-corrected chi connectivity index (χ4v) is 5.51. The summed E-state index contributed by atoms with van der Waals surface area (Å²) in [6, 6.07) is 10.5. The van der Waals surface area contributed by atoms with Crippen molar-refractivity contribution in [2.24, 2.45) is 0 Å². The standard InChI is InChI=1S/C23H24FN5O2S/c1-32(30,31)28-17-6-8-18(9-7-17)29-14-27-21(15-2-4-16(24)5-3-15)22(29)19-10-12-25-23-20(19)11-13-26-23/h2-5,10-14,17-18,28H,6-9H2,1H3,(H,25,26)/t17-,18-. The molecule has 166 valence electrons. The molecule has 0 amide bonds. The van der Waals surface area contributed by atoms with Crippen LogP contribution in [0, 0.1) is 5.82 Å². The van der Waals surface area contributed by atoms with Crippen LogP contribution in [0.5, 0.6) is 0 Å². The van der Waals surface area contributed by atoms with Crippen LogP contribution in [-0.4, -0.2) is 40.2 Å². The number of aromatic nitrogens is 4. The van der Waals surface area contributed by atoms with Crippen LogP contribution >= 0.6 is 0 Å². The normalized spacial score (nSPS) is 19.4. The predicted octanol–water partition coefficient (Wildman–Crippen LogP) is 4.27. The average Bonchev–Trinajstić information content (AvgIpc) is 3.41. The number of pyridine rings is 1. The maximum absolute atomic E-state index is 13.6. The molecule has 2 N–H and O–H groups in total. The van der Waals surface area contributed by atoms with Crippen molar-refractivity contribution in [3.8, 4) is 22.5 Å². The Balaban J connectivity index is 1.57. The van der Waals surface area contributed by atoms with E-state index in [-0.39, 0.29) is 17.9 Å². The van der Waals surface area contributed by atoms with Gasteiger partial charge in [0.05, 0.1) is 24.0 Å². The molecule has 0 saturated heterocycles. The van der Waals surface area contributed by atoms with Gasteiger partial charge in [0, 0.05) is 41.0 Å². The highest BCUT2D eigenvalue weighted by Gasteiger charge is 2.28. The highest BCUT2D eigenvalue weighted by Crippen LogP contribution is 2.39. The van der Waals surface area contributed by atoms with Crippen molar-refractivity contribution in [3.63, 3.8) is 0 Å². The van der Waals surface area contributed by atoms with E-state index in [2.05, 4.69) is 19.3 Å². The summed E-state index contributed by atoms with van der Waals surface area (Å²) < 4.78 is 41.7. The first-order valence-corrected chi connectivity index (χ1v) is 12.5. The van der Waals surface area contributed by atoms with Gasteiger partial charge in [0.2, 0.25) is 10.0 Å². The Labute approximate surface area is 185 Å². The van der Waals surface area contributed by atoms with Crippen molar-refractivity contribution in [1.82, 2.24) is 24.2 Å². The number of fused-ring (bicyclic) bond motifs is 1. The lowest BCUT2D eigenvalue weighted by atomic mass is 9.91. The number of rotatable bonds is 5. The van der Waals surface area contributed by atoms with Crippen molar-refractivity contribution in [1.29, 1.82) is 0 Å². The van der Waals surface area contributed by atoms with Gasteiger partial charge in [-0.1, -0.05) is 0 Å². The van der Waals surface area contributed by atoms with Gasteiger partial charge in [-0.15, -0.1) is 0 Å². The molecule has 4 aromatic rings. The fourth-order valence-electron chi connectivity index (χ4n) is 4.67. The number of benzene rings is 1. The molecule has 3 heterocycles. The molecule has 1 aliphatic rings. The molecule has 5 rings (SSSR count). The van der Waals surface area contributed by atoms with E-state index in [1.54, 1.807) is 18.3 Å². The van der Waals surface area contributed by atoms with Gasteiger partial charge in [0.1, 0.15) is 11.5 Å². The first-order valence-electron chi connectivity index (χ1n) is 10.6. The van der Waals surface area contributed by atoms with E-state index in [1.807, 2.05) is 24.7 Å². The quantitative estimate of drug-likeness (QED) is 0.472. The summed E-state index contributed by atoms with van der Waals surface area (Å²) in [6.07, 6.45) is 9.87. The Hall–Kier alpha value is -3.04. The highest BCUT2D eigenvalue weighted by molar-refractivity contribution is 7.88. The number of hydrogen-bond acceptors (Lipinski definition) is 4. The van der Waals surface area contributed by atoms with Crippen molar-refractivity contribution in [3.05, 3.63) is 60.9 Å². The molecule has 7 nitrogen and oxygen atoms in total. The van der Waals surface area contributed by atoms with E-state index >= 15 is 0 Å². The van der Waals surface area contributed by atoms with E-state index in [0.29, 0.717) is 0 Å². The first-order chi connectivity index (χ1) is 15.4. The number of aromatic amines is 1. The number of nitrogens with zero attached hydrogens (tertiary/aromatic N) is 3. The third-order valence-electron chi connectivity index (χ3n) is 6.10. The summed E-state index contributed by atoms with van der Waals surface area (Å²) in [5.41, 5.74) is 4.39. The molecule has 1 saturated carbocycles. The summed E-state index contributed by atoms with van der Waals surface area (Å²) >= 11 is 0. The van der Waals surface area contributed by atoms with Gasteiger partial charge in [-0.2, -0.15) is 0 Å². The van der Waals surface area contributed by atoms with E-state index in [4.69, 9.17) is 4.98 Å². The minimum atomic E-state index is -3.22. The van der Waals surface area contributed by atoms with Crippen LogP contribution in [-0.2, 0) is 10.0 Å². The maximum Gasteiger partial charge on any atom is 0.208 e. The molecule has 1 aliphatic carbocycles. The molecule has 32 heavy (non-hydrogen) atoms. The summed E-state index contributed by atoms with van der Waals surface area (Å²) in [4.78, 5) is 12.3. The van der Waals surface area contributed by atoms with Crippen LogP contribution < -0.4 is 4.72 Å². The third kappa shape index (κ3) is 4.05. The summed E-state index contributed by atoms with van der Waals surface area (Å²) in [5, 5.41) is 0.991. The van der Waals surface area contributed by atoms with Crippen molar-refractivity contribution in [2.75, 3.05) is 6.26 Å². The second-order valence-corrected chi connectivity index (χ2v) is 10.1. The van der Waals surface area contributed by atoms with Crippen LogP contribution in [0.25, 0.3) is 33.5 Å². The molecule has 0 spiro atoms. The lowest BCUT2D eigenvalue weighted by Gasteiger charge is -2.30. The lowest BCUT2D eigenvalue weighted by Crippen LogP contribution is -2.37. The van der Waals surface area contributed by atoms with Crippen molar-refractivity contribution in [2.45, 2.75) is 37.8 Å². The largest absolute Gasteiger partial charge is 0.346 e. The van der Waals surface area contributed by atoms with Gasteiger partial charge >= 0.3 is 0 Å². The Morgan fingerprint density at radius 1 is 1.06 bits per heavy atom. The Morgan fingerprint density at radius 3 is 2.53 bits per heavy atom. The number of hydrogen-bond donors (Lipinski definition) is 2. The van der Waals surface area contributed by atoms with E-state index in [1.165, 1.54) is 18.4 Å². The molecule has 1 aromatic carbocycles. The summed E-state index contributed by atoms with van der Waals surface area (Å²) in [6.45, 7) is 0. The summed E-state index contributed by atoms with van der Waals surface area (Å²) in [5.74, 6) is -0.289. The monoisotopic (exact) mass is 453 g/mol. The minimum Gasteiger partial charge on any atom is -0.346 e. The SMILES string of the molecule is CS(=O)(=O)N[C@H]1CC[C@H](n2cnc(-c3ccc(F)cc3)c2-c2ccnc3[nH]ccc23)CC1. The van der Waals surface area contributed by atoms with Crippen molar-refractivity contribution < 1.29 is 12.8 Å². The van der Waals surface area contributed by atoms with Crippen LogP contribution in [0.2, 0.25) is 0 Å². The Bertz CT molecular complexity index is 1350. The molecule has 1 fully saturated rings. The second kappa shape index (κ2) is 8.14. The van der Waals surface area contributed by atoms with Gasteiger partial charge in [-0.05, 0) is 62.1 Å². The zero-order valence-electron chi connectivity index (χ0n) is 17.6. The van der Waals surface area contributed by atoms with Crippen LogP contribution in [0.3, 0.4) is 0 Å². The van der Waals surface area contributed by atoms with E-state index in [9.17, 15) is 12.8 Å². The van der Waals surface area contributed by atoms with Crippen LogP contribution in [0.15, 0.2) is 55.1 Å². The number of nitrogens with one attached hydrogen (secondary N) is 2. The predicted molar refractivity (Wildman–Crippen MR) is 122 cm³/mol. The van der Waals surface area contributed by atoms with E-state index in [0.717, 1.165) is 59.2 Å². The number of sulfonamides is 1. The second-order valence-electron chi connectivity index (χ2n) is 8.35. The molecular weight excluding hydrogens is 429 g/mol. The zero-order valence-corrected chi connectivity index (χ0v) is 18.4. The van der Waals surface area contributed by atoms with Gasteiger partial charge in [-0.3, -0.25) is 0 Å². The zero-order chi connectivity index (χ0) is 22.3. The number of imidazole rings is 1. The number of halogens is 1. The summed E-state index contributed by atoms with van der Waals surface area (Å²) in [7, 11) is -3.22. The van der Waals surface area contributed by atoms with Gasteiger partial charge in [0.25, 0.3) is 0 Å².